The third-order valence-corrected chi connectivity index (χ3v) is 0.673. The zero-order chi connectivity index (χ0) is 7.98. The molecular formula is C4H11N5O. The average Bonchev–Trinajstić information content (AvgIpc) is 1.82. The van der Waals surface area contributed by atoms with E-state index < -0.39 is 0 Å². The van der Waals surface area contributed by atoms with Crippen molar-refractivity contribution in [3.8, 4) is 0 Å². The minimum Gasteiger partial charge on any atom is -0.395 e. The van der Waals surface area contributed by atoms with Crippen LogP contribution < -0.4 is 16.4 Å². The average molecular weight is 145 g/mol. The Morgan fingerprint density at radius 1 is 1.50 bits per heavy atom. The quantitative estimate of drug-likeness (QED) is 0.199. The smallest absolute Gasteiger partial charge is 0.195 e. The summed E-state index contributed by atoms with van der Waals surface area (Å²) in [4.78, 5) is 0. The number of guanidine groups is 2. The zero-order valence-corrected chi connectivity index (χ0v) is 5.44. The van der Waals surface area contributed by atoms with E-state index in [1.165, 1.54) is 0 Å². The standard InChI is InChI=1S/C4H11N5O/c5-3(6)9-4(7)8-1-2-10/h10H,1-2H2,(H6,5,6,7,8,9). The van der Waals surface area contributed by atoms with E-state index in [1.807, 2.05) is 0 Å². The van der Waals surface area contributed by atoms with Crippen LogP contribution in [0.25, 0.3) is 0 Å². The molecule has 58 valence electrons. The van der Waals surface area contributed by atoms with Gasteiger partial charge >= 0.3 is 0 Å². The third kappa shape index (κ3) is 4.85. The second kappa shape index (κ2) is 4.57. The van der Waals surface area contributed by atoms with Crippen molar-refractivity contribution in [1.82, 2.24) is 10.6 Å². The van der Waals surface area contributed by atoms with Crippen LogP contribution in [0.5, 0.6) is 0 Å². The van der Waals surface area contributed by atoms with Crippen LogP contribution >= 0.6 is 0 Å². The molecule has 0 aliphatic heterocycles. The lowest BCUT2D eigenvalue weighted by Gasteiger charge is -2.05. The van der Waals surface area contributed by atoms with Gasteiger partial charge in [-0.3, -0.25) is 16.1 Å². The number of hydrogen-bond donors (Lipinski definition) is 6. The summed E-state index contributed by atoms with van der Waals surface area (Å²) in [5.74, 6) is -0.378. The van der Waals surface area contributed by atoms with Gasteiger partial charge in [0.05, 0.1) is 6.61 Å². The fourth-order valence-corrected chi connectivity index (χ4v) is 0.360. The fourth-order valence-electron chi connectivity index (χ4n) is 0.360. The predicted octanol–water partition coefficient (Wildman–Crippen LogP) is -2.01. The maximum Gasteiger partial charge on any atom is 0.195 e. The van der Waals surface area contributed by atoms with Gasteiger partial charge in [0, 0.05) is 6.54 Å². The molecule has 0 unspecified atom stereocenters. The molecule has 0 aromatic heterocycles. The minimum absolute atomic E-state index is 0.0536. The highest BCUT2D eigenvalue weighted by molar-refractivity contribution is 5.94. The van der Waals surface area contributed by atoms with Crippen molar-refractivity contribution in [1.29, 1.82) is 10.8 Å². The summed E-state index contributed by atoms with van der Waals surface area (Å²) in [5, 5.41) is 26.6. The van der Waals surface area contributed by atoms with E-state index in [2.05, 4.69) is 10.6 Å². The number of nitrogens with one attached hydrogen (secondary N) is 4. The van der Waals surface area contributed by atoms with E-state index in [0.29, 0.717) is 0 Å². The molecule has 0 heterocycles. The lowest BCUT2D eigenvalue weighted by atomic mass is 10.7. The molecule has 6 nitrogen and oxygen atoms in total. The van der Waals surface area contributed by atoms with Gasteiger partial charge in [-0.2, -0.15) is 0 Å². The Balaban J connectivity index is 3.35. The van der Waals surface area contributed by atoms with Gasteiger partial charge in [0.2, 0.25) is 0 Å². The van der Waals surface area contributed by atoms with Gasteiger partial charge in [0.1, 0.15) is 0 Å². The van der Waals surface area contributed by atoms with Crippen molar-refractivity contribution in [2.45, 2.75) is 0 Å². The van der Waals surface area contributed by atoms with E-state index in [-0.39, 0.29) is 25.1 Å². The topological polar surface area (TPSA) is 118 Å². The lowest BCUT2D eigenvalue weighted by Crippen LogP contribution is -2.44. The maximum atomic E-state index is 8.28. The maximum absolute atomic E-state index is 8.28. The summed E-state index contributed by atoms with van der Waals surface area (Å²) in [6.45, 7) is 0.223. The summed E-state index contributed by atoms with van der Waals surface area (Å²) >= 11 is 0. The zero-order valence-electron chi connectivity index (χ0n) is 5.44. The van der Waals surface area contributed by atoms with Crippen molar-refractivity contribution >= 4 is 11.9 Å². The monoisotopic (exact) mass is 145 g/mol. The largest absolute Gasteiger partial charge is 0.395 e. The van der Waals surface area contributed by atoms with Crippen LogP contribution in [0.2, 0.25) is 0 Å². The van der Waals surface area contributed by atoms with Gasteiger partial charge in [-0.15, -0.1) is 0 Å². The molecule has 0 fully saturated rings. The van der Waals surface area contributed by atoms with Crippen LogP contribution in [0.15, 0.2) is 0 Å². The molecule has 10 heavy (non-hydrogen) atoms. The van der Waals surface area contributed by atoms with Crippen LogP contribution in [0.1, 0.15) is 0 Å². The first-order valence-corrected chi connectivity index (χ1v) is 2.71. The van der Waals surface area contributed by atoms with Crippen LogP contribution in [-0.4, -0.2) is 30.2 Å². The Morgan fingerprint density at radius 3 is 2.50 bits per heavy atom. The summed E-state index contributed by atoms with van der Waals surface area (Å²) < 4.78 is 0. The van der Waals surface area contributed by atoms with Crippen molar-refractivity contribution in [2.75, 3.05) is 13.2 Å². The SMILES string of the molecule is N=C(N)NC(=N)NCCO. The van der Waals surface area contributed by atoms with Crippen LogP contribution in [-0.2, 0) is 0 Å². The molecule has 0 bridgehead atoms. The van der Waals surface area contributed by atoms with Gasteiger partial charge in [0.25, 0.3) is 0 Å². The highest BCUT2D eigenvalue weighted by atomic mass is 16.3. The molecule has 0 rings (SSSR count). The molecule has 0 saturated carbocycles. The molecule has 7 N–H and O–H groups in total. The first kappa shape index (κ1) is 8.70. The highest BCUT2D eigenvalue weighted by Crippen LogP contribution is 1.58. The molecule has 0 aliphatic carbocycles. The summed E-state index contributed by atoms with van der Waals surface area (Å²) in [6.07, 6.45) is 0. The second-order valence-corrected chi connectivity index (χ2v) is 1.56. The minimum atomic E-state index is -0.296. The Bertz CT molecular complexity index is 134. The molecule has 0 aliphatic rings. The first-order chi connectivity index (χ1) is 4.66. The van der Waals surface area contributed by atoms with Crippen molar-refractivity contribution in [3.63, 3.8) is 0 Å². The molecule has 0 saturated heterocycles. The summed E-state index contributed by atoms with van der Waals surface area (Å²) in [6, 6.07) is 0. The molecule has 0 aromatic rings. The molecule has 0 radical (unpaired) electrons. The normalized spacial score (nSPS) is 8.50. The van der Waals surface area contributed by atoms with Gasteiger partial charge < -0.3 is 16.2 Å². The van der Waals surface area contributed by atoms with Gasteiger partial charge in [-0.25, -0.2) is 0 Å². The van der Waals surface area contributed by atoms with Crippen LogP contribution in [0.4, 0.5) is 0 Å². The molecule has 0 amide bonds. The number of hydrogen-bond acceptors (Lipinski definition) is 3. The molecule has 0 aromatic carbocycles. The second-order valence-electron chi connectivity index (χ2n) is 1.56. The number of aliphatic hydroxyl groups is 1. The highest BCUT2D eigenvalue weighted by Gasteiger charge is 1.92. The first-order valence-electron chi connectivity index (χ1n) is 2.71. The molecule has 0 atom stereocenters. The molecule has 6 heteroatoms. The lowest BCUT2D eigenvalue weighted by molar-refractivity contribution is 0.300. The Kier molecular flexibility index (Phi) is 3.97. The number of nitrogens with two attached hydrogens (primary N) is 1. The summed E-state index contributed by atoms with van der Waals surface area (Å²) in [5.41, 5.74) is 4.89. The van der Waals surface area contributed by atoms with Gasteiger partial charge in [-0.1, -0.05) is 0 Å². The van der Waals surface area contributed by atoms with Crippen molar-refractivity contribution in [3.05, 3.63) is 0 Å². The van der Waals surface area contributed by atoms with E-state index in [9.17, 15) is 0 Å². The molecule has 0 spiro atoms. The number of aliphatic hydroxyl groups excluding tert-OH is 1. The van der Waals surface area contributed by atoms with Crippen molar-refractivity contribution in [2.24, 2.45) is 5.73 Å². The predicted molar refractivity (Wildman–Crippen MR) is 37.9 cm³/mol. The van der Waals surface area contributed by atoms with Crippen LogP contribution in [0.3, 0.4) is 0 Å². The Hall–Kier alpha value is -1.30. The van der Waals surface area contributed by atoms with Crippen molar-refractivity contribution < 1.29 is 5.11 Å². The number of rotatable bonds is 2. The summed E-state index contributed by atoms with van der Waals surface area (Å²) in [7, 11) is 0. The van der Waals surface area contributed by atoms with E-state index in [4.69, 9.17) is 21.7 Å². The Labute approximate surface area is 58.4 Å². The molecular weight excluding hydrogens is 134 g/mol. The van der Waals surface area contributed by atoms with E-state index in [0.717, 1.165) is 0 Å². The van der Waals surface area contributed by atoms with Gasteiger partial charge in [0.15, 0.2) is 11.9 Å². The fraction of sp³-hybridized carbons (Fsp3) is 0.500. The Morgan fingerprint density at radius 2 is 2.10 bits per heavy atom. The van der Waals surface area contributed by atoms with Gasteiger partial charge in [-0.05, 0) is 0 Å². The van der Waals surface area contributed by atoms with E-state index in [1.54, 1.807) is 0 Å². The third-order valence-electron chi connectivity index (χ3n) is 0.673. The van der Waals surface area contributed by atoms with E-state index >= 15 is 0 Å². The van der Waals surface area contributed by atoms with Crippen LogP contribution in [0, 0.1) is 10.8 Å².